The molecule has 2 aromatic rings. The molecule has 25 heavy (non-hydrogen) atoms. The van der Waals surface area contributed by atoms with Gasteiger partial charge in [-0.3, -0.25) is 4.79 Å². The predicted octanol–water partition coefficient (Wildman–Crippen LogP) is 1.75. The van der Waals surface area contributed by atoms with E-state index in [4.69, 9.17) is 9.15 Å². The number of ether oxygens (including phenoxy) is 1. The quantitative estimate of drug-likeness (QED) is 0.828. The number of rotatable bonds is 2. The Morgan fingerprint density at radius 3 is 2.80 bits per heavy atom. The molecule has 4 rings (SSSR count). The molecule has 0 aliphatic carbocycles. The lowest BCUT2D eigenvalue weighted by Crippen LogP contribution is -2.43. The summed E-state index contributed by atoms with van der Waals surface area (Å²) in [5, 5.41) is 0. The molecule has 0 bridgehead atoms. The van der Waals surface area contributed by atoms with Gasteiger partial charge in [-0.15, -0.1) is 0 Å². The van der Waals surface area contributed by atoms with Crippen molar-refractivity contribution >= 4 is 11.9 Å². The molecule has 1 atom stereocenters. The zero-order valence-electron chi connectivity index (χ0n) is 14.4. The molecule has 0 aromatic carbocycles. The molecule has 1 spiro atoms. The summed E-state index contributed by atoms with van der Waals surface area (Å²) >= 11 is 0. The molecule has 0 radical (unpaired) electrons. The number of hydrogen-bond donors (Lipinski definition) is 0. The lowest BCUT2D eigenvalue weighted by atomic mass is 9.87. The first kappa shape index (κ1) is 16.1. The Labute approximate surface area is 146 Å². The number of carbonyl (C=O) groups is 1. The molecule has 132 valence electrons. The Bertz CT molecular complexity index is 748. The second kappa shape index (κ2) is 6.48. The molecule has 7 nitrogen and oxygen atoms in total. The summed E-state index contributed by atoms with van der Waals surface area (Å²) in [7, 11) is 0. The van der Waals surface area contributed by atoms with Crippen LogP contribution in [0.5, 0.6) is 0 Å². The number of aryl methyl sites for hydroxylation is 1. The zero-order chi connectivity index (χ0) is 17.3. The molecule has 0 saturated carbocycles. The van der Waals surface area contributed by atoms with Crippen molar-refractivity contribution < 1.29 is 13.9 Å². The second-order valence-corrected chi connectivity index (χ2v) is 6.91. The van der Waals surface area contributed by atoms with Crippen molar-refractivity contribution in [2.75, 3.05) is 44.3 Å². The van der Waals surface area contributed by atoms with E-state index in [1.54, 1.807) is 18.5 Å². The molecule has 2 fully saturated rings. The van der Waals surface area contributed by atoms with E-state index in [2.05, 4.69) is 14.9 Å². The monoisotopic (exact) mass is 342 g/mol. The number of carbonyl (C=O) groups excluding carboxylic acids is 1. The molecular formula is C18H22N4O3. The average molecular weight is 342 g/mol. The number of nitrogens with zero attached hydrogens (tertiary/aromatic N) is 4. The van der Waals surface area contributed by atoms with E-state index >= 15 is 0 Å². The van der Waals surface area contributed by atoms with Crippen molar-refractivity contribution in [3.05, 3.63) is 42.1 Å². The van der Waals surface area contributed by atoms with Crippen molar-refractivity contribution in [2.24, 2.45) is 5.41 Å². The van der Waals surface area contributed by atoms with Crippen LogP contribution in [0.4, 0.5) is 5.95 Å². The third-order valence-electron chi connectivity index (χ3n) is 4.95. The molecule has 1 unspecified atom stereocenters. The highest BCUT2D eigenvalue weighted by Gasteiger charge is 2.43. The van der Waals surface area contributed by atoms with E-state index in [9.17, 15) is 4.79 Å². The molecule has 1 amide bonds. The van der Waals surface area contributed by atoms with Crippen LogP contribution in [0.3, 0.4) is 0 Å². The van der Waals surface area contributed by atoms with E-state index in [0.717, 1.165) is 31.2 Å². The molecule has 0 N–H and O–H groups in total. The van der Waals surface area contributed by atoms with Crippen LogP contribution in [-0.4, -0.2) is 60.2 Å². The van der Waals surface area contributed by atoms with Gasteiger partial charge in [0.2, 0.25) is 5.95 Å². The normalized spacial score (nSPS) is 23.9. The topological polar surface area (TPSA) is 71.7 Å². The van der Waals surface area contributed by atoms with Crippen LogP contribution in [0.25, 0.3) is 0 Å². The number of amides is 1. The third-order valence-corrected chi connectivity index (χ3v) is 4.95. The van der Waals surface area contributed by atoms with Crippen LogP contribution in [0.2, 0.25) is 0 Å². The summed E-state index contributed by atoms with van der Waals surface area (Å²) in [5.41, 5.74) is -0.0903. The molecule has 2 aliphatic heterocycles. The fourth-order valence-electron chi connectivity index (χ4n) is 3.68. The Morgan fingerprint density at radius 2 is 2.04 bits per heavy atom. The predicted molar refractivity (Wildman–Crippen MR) is 91.5 cm³/mol. The standard InChI is InChI=1S/C18H22N4O3/c1-14-3-4-15(25-14)16(23)21-9-10-24-13-18(11-21)5-8-22(12-18)17-19-6-2-7-20-17/h2-4,6-7H,5,8-13H2,1H3. The fraction of sp³-hybridized carbons (Fsp3) is 0.500. The van der Waals surface area contributed by atoms with E-state index < -0.39 is 0 Å². The van der Waals surface area contributed by atoms with Gasteiger partial charge >= 0.3 is 0 Å². The van der Waals surface area contributed by atoms with E-state index in [1.165, 1.54) is 0 Å². The lowest BCUT2D eigenvalue weighted by Gasteiger charge is -2.31. The highest BCUT2D eigenvalue weighted by atomic mass is 16.5. The molecule has 2 aromatic heterocycles. The summed E-state index contributed by atoms with van der Waals surface area (Å²) in [5.74, 6) is 1.82. The van der Waals surface area contributed by atoms with Crippen molar-refractivity contribution in [2.45, 2.75) is 13.3 Å². The fourth-order valence-corrected chi connectivity index (χ4v) is 3.68. The van der Waals surface area contributed by atoms with Crippen LogP contribution < -0.4 is 4.90 Å². The highest BCUT2D eigenvalue weighted by molar-refractivity contribution is 5.91. The first-order valence-electron chi connectivity index (χ1n) is 8.61. The minimum absolute atomic E-state index is 0.0626. The van der Waals surface area contributed by atoms with Gasteiger partial charge in [-0.25, -0.2) is 9.97 Å². The Morgan fingerprint density at radius 1 is 1.20 bits per heavy atom. The minimum atomic E-state index is -0.0903. The maximum absolute atomic E-state index is 12.8. The number of furan rings is 1. The minimum Gasteiger partial charge on any atom is -0.456 e. The van der Waals surface area contributed by atoms with Gasteiger partial charge in [0.1, 0.15) is 5.76 Å². The van der Waals surface area contributed by atoms with Crippen LogP contribution >= 0.6 is 0 Å². The van der Waals surface area contributed by atoms with E-state index in [0.29, 0.717) is 32.1 Å². The van der Waals surface area contributed by atoms with Gasteiger partial charge in [-0.2, -0.15) is 0 Å². The zero-order valence-corrected chi connectivity index (χ0v) is 14.4. The van der Waals surface area contributed by atoms with Gasteiger partial charge in [-0.1, -0.05) is 0 Å². The summed E-state index contributed by atoms with van der Waals surface area (Å²) < 4.78 is 11.4. The van der Waals surface area contributed by atoms with Gasteiger partial charge < -0.3 is 19.0 Å². The first-order chi connectivity index (χ1) is 12.2. The van der Waals surface area contributed by atoms with Crippen LogP contribution in [0, 0.1) is 12.3 Å². The lowest BCUT2D eigenvalue weighted by molar-refractivity contribution is 0.0662. The third kappa shape index (κ3) is 3.24. The Kier molecular flexibility index (Phi) is 4.17. The summed E-state index contributed by atoms with van der Waals surface area (Å²) in [6.45, 7) is 5.95. The summed E-state index contributed by atoms with van der Waals surface area (Å²) in [4.78, 5) is 25.5. The number of anilines is 1. The molecule has 7 heteroatoms. The van der Waals surface area contributed by atoms with Crippen LogP contribution in [-0.2, 0) is 4.74 Å². The summed E-state index contributed by atoms with van der Waals surface area (Å²) in [6, 6.07) is 5.38. The van der Waals surface area contributed by atoms with Crippen molar-refractivity contribution in [3.8, 4) is 0 Å². The number of hydrogen-bond acceptors (Lipinski definition) is 6. The van der Waals surface area contributed by atoms with Gasteiger partial charge in [-0.05, 0) is 31.5 Å². The van der Waals surface area contributed by atoms with Crippen LogP contribution in [0.15, 0.2) is 35.0 Å². The van der Waals surface area contributed by atoms with Crippen molar-refractivity contribution in [1.29, 1.82) is 0 Å². The number of aromatic nitrogens is 2. The van der Waals surface area contributed by atoms with Gasteiger partial charge in [0.15, 0.2) is 5.76 Å². The van der Waals surface area contributed by atoms with Crippen molar-refractivity contribution in [3.63, 3.8) is 0 Å². The molecule has 2 saturated heterocycles. The summed E-state index contributed by atoms with van der Waals surface area (Å²) in [6.07, 6.45) is 4.46. The van der Waals surface area contributed by atoms with Gasteiger partial charge in [0, 0.05) is 44.0 Å². The molecule has 4 heterocycles. The second-order valence-electron chi connectivity index (χ2n) is 6.91. The smallest absolute Gasteiger partial charge is 0.289 e. The largest absolute Gasteiger partial charge is 0.456 e. The Hall–Kier alpha value is -2.41. The first-order valence-corrected chi connectivity index (χ1v) is 8.61. The Balaban J connectivity index is 1.51. The maximum Gasteiger partial charge on any atom is 0.289 e. The van der Waals surface area contributed by atoms with E-state index in [-0.39, 0.29) is 11.3 Å². The molecule has 2 aliphatic rings. The highest BCUT2D eigenvalue weighted by Crippen LogP contribution is 2.35. The van der Waals surface area contributed by atoms with Crippen LogP contribution in [0.1, 0.15) is 22.7 Å². The SMILES string of the molecule is Cc1ccc(C(=O)N2CCOCC3(CCN(c4ncccn4)C3)C2)o1. The van der Waals surface area contributed by atoms with Crippen molar-refractivity contribution in [1.82, 2.24) is 14.9 Å². The average Bonchev–Trinajstić information content (AvgIpc) is 3.18. The molecular weight excluding hydrogens is 320 g/mol. The maximum atomic E-state index is 12.8. The van der Waals surface area contributed by atoms with E-state index in [1.807, 2.05) is 24.0 Å². The van der Waals surface area contributed by atoms with Gasteiger partial charge in [0.25, 0.3) is 5.91 Å². The van der Waals surface area contributed by atoms with Gasteiger partial charge in [0.05, 0.1) is 13.2 Å².